The molecule has 4 nitrogen and oxygen atoms in total. The number of methoxy groups -OCH3 is 1. The van der Waals surface area contributed by atoms with Gasteiger partial charge in [0.2, 0.25) is 0 Å². The van der Waals surface area contributed by atoms with Gasteiger partial charge in [-0.25, -0.2) is 0 Å². The molecule has 0 saturated carbocycles. The summed E-state index contributed by atoms with van der Waals surface area (Å²) in [7, 11) is 3.74. The summed E-state index contributed by atoms with van der Waals surface area (Å²) in [6.07, 6.45) is 3.16. The smallest absolute Gasteiger partial charge is 0.146 e. The van der Waals surface area contributed by atoms with Crippen LogP contribution in [0.25, 0.3) is 0 Å². The van der Waals surface area contributed by atoms with Crippen LogP contribution in [0.4, 0.5) is 0 Å². The lowest BCUT2D eigenvalue weighted by atomic mass is 10.3. The lowest BCUT2D eigenvalue weighted by molar-refractivity contribution is -0.0350. The minimum absolute atomic E-state index is 0.149. The van der Waals surface area contributed by atoms with Gasteiger partial charge in [0.1, 0.15) is 6.23 Å². The highest BCUT2D eigenvalue weighted by Gasteiger charge is 2.16. The van der Waals surface area contributed by atoms with Crippen LogP contribution < -0.4 is 5.32 Å². The zero-order valence-corrected chi connectivity index (χ0v) is 11.2. The predicted octanol–water partition coefficient (Wildman–Crippen LogP) is 1.79. The Labute approximate surface area is 99.6 Å². The molecule has 16 heavy (non-hydrogen) atoms. The summed E-state index contributed by atoms with van der Waals surface area (Å²) in [4.78, 5) is 2.10. The molecule has 1 aliphatic rings. The van der Waals surface area contributed by atoms with Crippen molar-refractivity contribution in [3.8, 4) is 0 Å². The number of hydrogen-bond acceptors (Lipinski definition) is 4. The zero-order valence-electron chi connectivity index (χ0n) is 11.2. The molecule has 0 amide bonds. The Morgan fingerprint density at radius 3 is 2.69 bits per heavy atom. The first kappa shape index (κ1) is 15.3. The van der Waals surface area contributed by atoms with Crippen LogP contribution in [-0.2, 0) is 9.47 Å². The monoisotopic (exact) mass is 230 g/mol. The molecule has 0 saturated heterocycles. The second kappa shape index (κ2) is 9.48. The Bertz CT molecular complexity index is 195. The summed E-state index contributed by atoms with van der Waals surface area (Å²) >= 11 is 0. The summed E-state index contributed by atoms with van der Waals surface area (Å²) < 4.78 is 10.6. The quantitative estimate of drug-likeness (QED) is 0.730. The highest BCUT2D eigenvalue weighted by molar-refractivity contribution is 4.99. The first-order chi connectivity index (χ1) is 7.74. The molecule has 96 valence electrons. The van der Waals surface area contributed by atoms with E-state index in [-0.39, 0.29) is 6.23 Å². The molecular weight excluding hydrogens is 204 g/mol. The summed E-state index contributed by atoms with van der Waals surface area (Å²) in [5.74, 6) is 0. The van der Waals surface area contributed by atoms with Crippen molar-refractivity contribution < 1.29 is 9.47 Å². The number of allylic oxidation sites excluding steroid dienone is 1. The molecule has 0 bridgehead atoms. The van der Waals surface area contributed by atoms with Gasteiger partial charge in [0.15, 0.2) is 0 Å². The third-order valence-electron chi connectivity index (χ3n) is 2.21. The van der Waals surface area contributed by atoms with Crippen LogP contribution >= 0.6 is 0 Å². The van der Waals surface area contributed by atoms with E-state index in [1.807, 2.05) is 20.9 Å². The Morgan fingerprint density at radius 2 is 2.12 bits per heavy atom. The minimum Gasteiger partial charge on any atom is -0.385 e. The fourth-order valence-electron chi connectivity index (χ4n) is 1.43. The average molecular weight is 230 g/mol. The average Bonchev–Trinajstić information content (AvgIpc) is 2.29. The van der Waals surface area contributed by atoms with Crippen molar-refractivity contribution in [2.45, 2.75) is 33.4 Å². The van der Waals surface area contributed by atoms with Crippen molar-refractivity contribution >= 4 is 0 Å². The number of rotatable bonds is 5. The van der Waals surface area contributed by atoms with Gasteiger partial charge in [-0.1, -0.05) is 13.8 Å². The fraction of sp³-hybridized carbons (Fsp3) is 0.833. The normalized spacial score (nSPS) is 19.4. The fourth-order valence-corrected chi connectivity index (χ4v) is 1.43. The Kier molecular flexibility index (Phi) is 9.04. The first-order valence-electron chi connectivity index (χ1n) is 5.99. The van der Waals surface area contributed by atoms with Crippen molar-refractivity contribution in [3.63, 3.8) is 0 Å². The molecule has 0 aromatic rings. The minimum atomic E-state index is 0.149. The van der Waals surface area contributed by atoms with Crippen molar-refractivity contribution in [2.75, 3.05) is 33.9 Å². The Balaban J connectivity index is 0.00000106. The van der Waals surface area contributed by atoms with Crippen molar-refractivity contribution in [1.82, 2.24) is 10.2 Å². The molecule has 0 aromatic carbocycles. The number of ether oxygens (including phenoxy) is 2. The maximum absolute atomic E-state index is 5.68. The van der Waals surface area contributed by atoms with Gasteiger partial charge in [0.25, 0.3) is 0 Å². The van der Waals surface area contributed by atoms with Gasteiger partial charge in [0.05, 0.1) is 13.2 Å². The number of nitrogens with zero attached hydrogens (tertiary/aromatic N) is 1. The Morgan fingerprint density at radius 1 is 1.44 bits per heavy atom. The van der Waals surface area contributed by atoms with Crippen molar-refractivity contribution in [3.05, 3.63) is 11.9 Å². The predicted molar refractivity (Wildman–Crippen MR) is 67.1 cm³/mol. The largest absolute Gasteiger partial charge is 0.385 e. The van der Waals surface area contributed by atoms with Gasteiger partial charge in [-0.05, 0) is 13.3 Å². The zero-order chi connectivity index (χ0) is 12.4. The second-order valence-electron chi connectivity index (χ2n) is 3.53. The van der Waals surface area contributed by atoms with Gasteiger partial charge in [-0.3, -0.25) is 0 Å². The van der Waals surface area contributed by atoms with E-state index >= 15 is 0 Å². The number of likely N-dealkylation sites (N-methyl/N-ethyl adjacent to an activating group) is 1. The highest BCUT2D eigenvalue weighted by Crippen LogP contribution is 2.07. The molecule has 1 atom stereocenters. The standard InChI is InChI=1S/C10H20N2O2.C2H6/c1-9-8-12(2)10(7-11-9)14-6-4-5-13-3;1-2/h8,10-11H,4-7H2,1-3H3;1-2H3. The molecule has 0 aliphatic carbocycles. The summed E-state index contributed by atoms with van der Waals surface area (Å²) in [5, 5.41) is 3.27. The third-order valence-corrected chi connectivity index (χ3v) is 2.21. The third kappa shape index (κ3) is 5.98. The Hall–Kier alpha value is -0.740. The van der Waals surface area contributed by atoms with E-state index < -0.39 is 0 Å². The maximum atomic E-state index is 5.68. The van der Waals surface area contributed by atoms with Gasteiger partial charge in [0, 0.05) is 32.7 Å². The van der Waals surface area contributed by atoms with Crippen LogP contribution in [0.5, 0.6) is 0 Å². The molecule has 0 aromatic heterocycles. The molecule has 1 rings (SSSR count). The maximum Gasteiger partial charge on any atom is 0.146 e. The van der Waals surface area contributed by atoms with E-state index in [4.69, 9.17) is 9.47 Å². The van der Waals surface area contributed by atoms with E-state index in [1.54, 1.807) is 7.11 Å². The van der Waals surface area contributed by atoms with Gasteiger partial charge >= 0.3 is 0 Å². The topological polar surface area (TPSA) is 33.7 Å². The van der Waals surface area contributed by atoms with E-state index in [1.165, 1.54) is 5.70 Å². The van der Waals surface area contributed by atoms with Crippen LogP contribution in [0.15, 0.2) is 11.9 Å². The molecule has 1 aliphatic heterocycles. The molecule has 0 spiro atoms. The van der Waals surface area contributed by atoms with Crippen molar-refractivity contribution in [2.24, 2.45) is 0 Å². The van der Waals surface area contributed by atoms with Crippen LogP contribution in [0.2, 0.25) is 0 Å². The lowest BCUT2D eigenvalue weighted by Gasteiger charge is -2.32. The van der Waals surface area contributed by atoms with Crippen LogP contribution in [0.3, 0.4) is 0 Å². The van der Waals surface area contributed by atoms with Gasteiger partial charge in [-0.2, -0.15) is 0 Å². The number of hydrogen-bond donors (Lipinski definition) is 1. The van der Waals surface area contributed by atoms with Crippen LogP contribution in [0, 0.1) is 0 Å². The van der Waals surface area contributed by atoms with Gasteiger partial charge < -0.3 is 19.7 Å². The lowest BCUT2D eigenvalue weighted by Crippen LogP contribution is -2.43. The molecule has 1 unspecified atom stereocenters. The molecule has 1 N–H and O–H groups in total. The summed E-state index contributed by atoms with van der Waals surface area (Å²) in [6.45, 7) is 8.42. The van der Waals surface area contributed by atoms with Crippen LogP contribution in [-0.4, -0.2) is 45.0 Å². The molecule has 1 heterocycles. The van der Waals surface area contributed by atoms with Gasteiger partial charge in [-0.15, -0.1) is 0 Å². The van der Waals surface area contributed by atoms with Crippen LogP contribution in [0.1, 0.15) is 27.2 Å². The molecule has 0 radical (unpaired) electrons. The molecular formula is C12H26N2O2. The van der Waals surface area contributed by atoms with E-state index in [0.717, 1.165) is 26.2 Å². The highest BCUT2D eigenvalue weighted by atomic mass is 16.5. The van der Waals surface area contributed by atoms with E-state index in [2.05, 4.69) is 23.3 Å². The second-order valence-corrected chi connectivity index (χ2v) is 3.53. The molecule has 0 fully saturated rings. The first-order valence-corrected chi connectivity index (χ1v) is 5.99. The SMILES string of the molecule is CC.COCCCOC1CNC(C)=CN1C. The summed E-state index contributed by atoms with van der Waals surface area (Å²) in [5.41, 5.74) is 1.18. The van der Waals surface area contributed by atoms with E-state index in [0.29, 0.717) is 0 Å². The number of nitrogens with one attached hydrogen (secondary N) is 1. The summed E-state index contributed by atoms with van der Waals surface area (Å²) in [6, 6.07) is 0. The molecule has 4 heteroatoms. The van der Waals surface area contributed by atoms with E-state index in [9.17, 15) is 0 Å². The van der Waals surface area contributed by atoms with Crippen molar-refractivity contribution in [1.29, 1.82) is 0 Å².